The van der Waals surface area contributed by atoms with E-state index in [4.69, 9.17) is 28.9 Å². The zero-order chi connectivity index (χ0) is 26.0. The van der Waals surface area contributed by atoms with Crippen molar-refractivity contribution in [3.63, 3.8) is 0 Å². The van der Waals surface area contributed by atoms with Gasteiger partial charge >= 0.3 is 6.18 Å². The summed E-state index contributed by atoms with van der Waals surface area (Å²) >= 11 is 11.9. The van der Waals surface area contributed by atoms with Gasteiger partial charge in [-0.15, -0.1) is 0 Å². The third-order valence-electron chi connectivity index (χ3n) is 5.83. The Bertz CT molecular complexity index is 1210. The predicted octanol–water partition coefficient (Wildman–Crippen LogP) is 3.79. The van der Waals surface area contributed by atoms with Gasteiger partial charge in [-0.05, 0) is 43.5 Å². The van der Waals surface area contributed by atoms with Crippen LogP contribution in [0.1, 0.15) is 25.0 Å². The minimum Gasteiger partial charge on any atom is -0.396 e. The summed E-state index contributed by atoms with van der Waals surface area (Å²) in [7, 11) is -4.32. The number of nitrogen functional groups attached to an aromatic ring is 1. The number of nitrogens with zero attached hydrogens (tertiary/aromatic N) is 3. The van der Waals surface area contributed by atoms with Crippen LogP contribution in [0.5, 0.6) is 0 Å². The summed E-state index contributed by atoms with van der Waals surface area (Å²) in [6.07, 6.45) is -3.35. The predicted molar refractivity (Wildman–Crippen MR) is 124 cm³/mol. The van der Waals surface area contributed by atoms with Crippen LogP contribution in [0.4, 0.5) is 18.9 Å². The van der Waals surface area contributed by atoms with E-state index >= 15 is 0 Å². The van der Waals surface area contributed by atoms with Gasteiger partial charge < -0.3 is 15.2 Å². The molecule has 8 nitrogen and oxygen atoms in total. The van der Waals surface area contributed by atoms with Gasteiger partial charge in [-0.25, -0.2) is 8.42 Å². The number of rotatable bonds is 7. The number of nitriles is 1. The molecule has 2 heterocycles. The molecule has 1 amide bonds. The molecule has 0 spiro atoms. The molecule has 1 unspecified atom stereocenters. The molecule has 3 N–H and O–H groups in total. The number of carbonyl (C=O) groups is 1. The molecule has 14 heteroatoms. The van der Waals surface area contributed by atoms with Crippen LogP contribution in [-0.4, -0.2) is 49.1 Å². The second-order valence-electron chi connectivity index (χ2n) is 8.10. The number of benzene rings is 1. The number of carbonyl (C=O) groups excluding carboxylic acids is 1. The molecule has 0 radical (unpaired) electrons. The molecule has 0 bridgehead atoms. The summed E-state index contributed by atoms with van der Waals surface area (Å²) in [6.45, 7) is -0.210. The van der Waals surface area contributed by atoms with E-state index < -0.39 is 34.1 Å². The first-order valence-electron chi connectivity index (χ1n) is 10.5. The summed E-state index contributed by atoms with van der Waals surface area (Å²) in [5.74, 6) is -2.17. The fourth-order valence-electron chi connectivity index (χ4n) is 3.83. The molecule has 0 aliphatic carbocycles. The largest absolute Gasteiger partial charge is 0.396 e. The average molecular weight is 552 g/mol. The van der Waals surface area contributed by atoms with Gasteiger partial charge in [0.15, 0.2) is 0 Å². The van der Waals surface area contributed by atoms with Crippen LogP contribution in [0.15, 0.2) is 35.4 Å². The normalized spacial score (nSPS) is 16.2. The molecule has 1 saturated heterocycles. The second-order valence-corrected chi connectivity index (χ2v) is 10.6. The summed E-state index contributed by atoms with van der Waals surface area (Å²) < 4.78 is 69.1. The number of amides is 1. The summed E-state index contributed by atoms with van der Waals surface area (Å²) in [5, 5.41) is 9.01. The van der Waals surface area contributed by atoms with Crippen molar-refractivity contribution in [2.24, 2.45) is 5.92 Å². The molecule has 3 rings (SSSR count). The van der Waals surface area contributed by atoms with Crippen molar-refractivity contribution in [2.45, 2.75) is 42.9 Å². The summed E-state index contributed by atoms with van der Waals surface area (Å²) in [4.78, 5) is 14.1. The monoisotopic (exact) mass is 551 g/mol. The number of aromatic nitrogens is 1. The highest BCUT2D eigenvalue weighted by atomic mass is 35.5. The lowest BCUT2D eigenvalue weighted by Gasteiger charge is -2.35. The number of alkyl halides is 3. The van der Waals surface area contributed by atoms with Crippen molar-refractivity contribution in [1.29, 1.82) is 5.26 Å². The lowest BCUT2D eigenvalue weighted by atomic mass is 9.95. The van der Waals surface area contributed by atoms with Crippen molar-refractivity contribution < 1.29 is 26.4 Å². The van der Waals surface area contributed by atoms with Gasteiger partial charge in [0.1, 0.15) is 17.8 Å². The average Bonchev–Trinajstić information content (AvgIpc) is 3.26. The zero-order valence-electron chi connectivity index (χ0n) is 18.2. The Morgan fingerprint density at radius 3 is 2.40 bits per heavy atom. The lowest BCUT2D eigenvalue weighted by Crippen LogP contribution is -2.51. The van der Waals surface area contributed by atoms with E-state index in [0.717, 1.165) is 12.1 Å². The van der Waals surface area contributed by atoms with Crippen molar-refractivity contribution in [1.82, 2.24) is 14.2 Å². The van der Waals surface area contributed by atoms with Gasteiger partial charge in [-0.1, -0.05) is 23.2 Å². The number of nitrogens with one attached hydrogen (secondary N) is 1. The van der Waals surface area contributed by atoms with Gasteiger partial charge in [-0.2, -0.15) is 23.2 Å². The zero-order valence-corrected chi connectivity index (χ0v) is 20.6. The highest BCUT2D eigenvalue weighted by Crippen LogP contribution is 2.34. The van der Waals surface area contributed by atoms with Gasteiger partial charge in [-0.3, -0.25) is 4.79 Å². The molecular weight excluding hydrogens is 530 g/mol. The van der Waals surface area contributed by atoms with Gasteiger partial charge in [0.2, 0.25) is 15.9 Å². The van der Waals surface area contributed by atoms with E-state index in [-0.39, 0.29) is 59.5 Å². The SMILES string of the molecule is N#Cc1cccn1CCC(NS(=O)(=O)c1cc(Cl)c(N)c(Cl)c1)C(=O)N1CCC(C(F)(F)F)CC1. The Balaban J connectivity index is 1.84. The van der Waals surface area contributed by atoms with Crippen LogP contribution < -0.4 is 10.5 Å². The quantitative estimate of drug-likeness (QED) is 0.507. The van der Waals surface area contributed by atoms with E-state index in [1.807, 2.05) is 6.07 Å². The maximum Gasteiger partial charge on any atom is 0.391 e. The van der Waals surface area contributed by atoms with Crippen LogP contribution in [0, 0.1) is 17.2 Å². The Hall–Kier alpha value is -2.46. The number of aryl methyl sites for hydroxylation is 1. The number of halogens is 5. The van der Waals surface area contributed by atoms with Crippen molar-refractivity contribution in [2.75, 3.05) is 18.8 Å². The Morgan fingerprint density at radius 1 is 1.26 bits per heavy atom. The summed E-state index contributed by atoms with van der Waals surface area (Å²) in [6, 6.07) is 6.02. The highest BCUT2D eigenvalue weighted by molar-refractivity contribution is 7.89. The number of hydrogen-bond acceptors (Lipinski definition) is 5. The number of sulfonamides is 1. The minimum atomic E-state index is -4.36. The Labute approximate surface area is 210 Å². The van der Waals surface area contributed by atoms with Crippen molar-refractivity contribution >= 4 is 44.8 Å². The van der Waals surface area contributed by atoms with Crippen LogP contribution in [0.25, 0.3) is 0 Å². The standard InChI is InChI=1S/C21H22Cl2F3N5O3S/c22-16-10-15(11-17(23)19(16)28)35(33,34)29-18(5-9-30-6-1-2-14(30)12-27)20(32)31-7-3-13(4-8-31)21(24,25)26/h1-2,6,10-11,13,18,29H,3-5,7-9,28H2. The van der Waals surface area contributed by atoms with Gasteiger partial charge in [0.05, 0.1) is 26.5 Å². The number of piperidine rings is 1. The number of nitrogens with two attached hydrogens (primary N) is 1. The molecule has 1 aromatic heterocycles. The Kier molecular flexibility index (Phi) is 8.26. The van der Waals surface area contributed by atoms with E-state index in [2.05, 4.69) is 4.72 Å². The van der Waals surface area contributed by atoms with E-state index in [1.165, 1.54) is 4.90 Å². The third-order valence-corrected chi connectivity index (χ3v) is 7.91. The number of likely N-dealkylation sites (tertiary alicyclic amines) is 1. The molecule has 1 fully saturated rings. The topological polar surface area (TPSA) is 121 Å². The second kappa shape index (κ2) is 10.7. The highest BCUT2D eigenvalue weighted by Gasteiger charge is 2.42. The molecule has 0 saturated carbocycles. The van der Waals surface area contributed by atoms with E-state index in [9.17, 15) is 31.6 Å². The van der Waals surface area contributed by atoms with Crippen LogP contribution in [0.2, 0.25) is 10.0 Å². The van der Waals surface area contributed by atoms with Gasteiger partial charge in [0, 0.05) is 25.8 Å². The minimum absolute atomic E-state index is 0.0101. The summed E-state index contributed by atoms with van der Waals surface area (Å²) in [5.41, 5.74) is 5.96. The smallest absolute Gasteiger partial charge is 0.391 e. The first kappa shape index (κ1) is 27.1. The van der Waals surface area contributed by atoms with Crippen molar-refractivity contribution in [3.8, 4) is 6.07 Å². The maximum absolute atomic E-state index is 13.2. The van der Waals surface area contributed by atoms with Gasteiger partial charge in [0.25, 0.3) is 0 Å². The molecule has 35 heavy (non-hydrogen) atoms. The molecule has 1 aliphatic rings. The Morgan fingerprint density at radius 2 is 1.86 bits per heavy atom. The molecule has 1 aliphatic heterocycles. The van der Waals surface area contributed by atoms with E-state index in [0.29, 0.717) is 5.69 Å². The number of anilines is 1. The molecule has 2 aromatic rings. The molecule has 190 valence electrons. The first-order valence-corrected chi connectivity index (χ1v) is 12.7. The van der Waals surface area contributed by atoms with Crippen LogP contribution >= 0.6 is 23.2 Å². The first-order chi connectivity index (χ1) is 16.3. The number of hydrogen-bond donors (Lipinski definition) is 2. The molecule has 1 aromatic carbocycles. The lowest BCUT2D eigenvalue weighted by molar-refractivity contribution is -0.186. The maximum atomic E-state index is 13.2. The van der Waals surface area contributed by atoms with Crippen molar-refractivity contribution in [3.05, 3.63) is 46.2 Å². The third kappa shape index (κ3) is 6.41. The fourth-order valence-corrected chi connectivity index (χ4v) is 5.72. The van der Waals surface area contributed by atoms with Crippen LogP contribution in [0.3, 0.4) is 0 Å². The van der Waals surface area contributed by atoms with Crippen LogP contribution in [-0.2, 0) is 21.4 Å². The molecule has 1 atom stereocenters. The molecular formula is C21H22Cl2F3N5O3S. The van der Waals surface area contributed by atoms with E-state index in [1.54, 1.807) is 22.9 Å². The fraction of sp³-hybridized carbons (Fsp3) is 0.429.